The molecular formula is C19H18N4O3S2. The van der Waals surface area contributed by atoms with Gasteiger partial charge in [0.15, 0.2) is 9.84 Å². The lowest BCUT2D eigenvalue weighted by atomic mass is 10.2. The Morgan fingerprint density at radius 1 is 1.25 bits per heavy atom. The van der Waals surface area contributed by atoms with Crippen molar-refractivity contribution in [2.75, 3.05) is 5.75 Å². The fraction of sp³-hybridized carbons (Fsp3) is 0.211. The molecule has 0 saturated carbocycles. The van der Waals surface area contributed by atoms with Crippen LogP contribution in [0.3, 0.4) is 0 Å². The van der Waals surface area contributed by atoms with Crippen molar-refractivity contribution in [3.63, 3.8) is 0 Å². The minimum Gasteiger partial charge on any atom is -0.330 e. The van der Waals surface area contributed by atoms with Crippen LogP contribution in [0.1, 0.15) is 10.6 Å². The summed E-state index contributed by atoms with van der Waals surface area (Å²) >= 11 is 1.44. The predicted octanol–water partition coefficient (Wildman–Crippen LogP) is 2.21. The molecule has 28 heavy (non-hydrogen) atoms. The number of thiazole rings is 1. The number of carbonyl (C=O) groups is 1. The maximum absolute atomic E-state index is 13.1. The van der Waals surface area contributed by atoms with Crippen molar-refractivity contribution in [3.8, 4) is 5.00 Å². The summed E-state index contributed by atoms with van der Waals surface area (Å²) in [6.45, 7) is 0.321. The summed E-state index contributed by atoms with van der Waals surface area (Å²) in [5.41, 5.74) is 0.896. The molecule has 1 amide bonds. The lowest BCUT2D eigenvalue weighted by Gasteiger charge is -2.27. The standard InChI is InChI=1S/C19H18N4O3S2/c24-18(11-17-21-12-19(27-17)22-8-1-2-9-22)23(13-15-3-6-20-7-4-15)16-5-10-28(25,26)14-16/h1-10,12,16H,11,13-14H2. The lowest BCUT2D eigenvalue weighted by Crippen LogP contribution is -2.41. The van der Waals surface area contributed by atoms with Gasteiger partial charge in [-0.3, -0.25) is 9.78 Å². The molecule has 3 aromatic rings. The number of hydrogen-bond donors (Lipinski definition) is 0. The Kier molecular flexibility index (Phi) is 5.10. The largest absolute Gasteiger partial charge is 0.330 e. The van der Waals surface area contributed by atoms with Gasteiger partial charge in [0.25, 0.3) is 0 Å². The van der Waals surface area contributed by atoms with Crippen LogP contribution >= 0.6 is 11.3 Å². The van der Waals surface area contributed by atoms with Crippen LogP contribution in [0.2, 0.25) is 0 Å². The van der Waals surface area contributed by atoms with Crippen LogP contribution in [0.4, 0.5) is 0 Å². The van der Waals surface area contributed by atoms with Gasteiger partial charge in [-0.05, 0) is 35.9 Å². The number of hydrogen-bond acceptors (Lipinski definition) is 6. The summed E-state index contributed by atoms with van der Waals surface area (Å²) in [7, 11) is -3.27. The Hall–Kier alpha value is -2.78. The van der Waals surface area contributed by atoms with Gasteiger partial charge in [0.05, 0.1) is 24.4 Å². The molecule has 1 aliphatic rings. The highest BCUT2D eigenvalue weighted by Gasteiger charge is 2.30. The number of nitrogens with zero attached hydrogens (tertiary/aromatic N) is 4. The Labute approximate surface area is 166 Å². The SMILES string of the molecule is O=C(Cc1ncc(-n2cccc2)s1)N(Cc1ccncc1)C1C=CS(=O)(=O)C1. The van der Waals surface area contributed by atoms with Crippen molar-refractivity contribution >= 4 is 27.1 Å². The van der Waals surface area contributed by atoms with Crippen molar-refractivity contribution < 1.29 is 13.2 Å². The van der Waals surface area contributed by atoms with Gasteiger partial charge in [-0.15, -0.1) is 11.3 Å². The topological polar surface area (TPSA) is 85.2 Å². The molecule has 144 valence electrons. The first-order chi connectivity index (χ1) is 13.5. The number of rotatable bonds is 6. The Morgan fingerprint density at radius 2 is 2.00 bits per heavy atom. The molecule has 0 fully saturated rings. The van der Waals surface area contributed by atoms with Gasteiger partial charge in [0.1, 0.15) is 10.0 Å². The first-order valence-corrected chi connectivity index (χ1v) is 11.2. The fourth-order valence-corrected chi connectivity index (χ4v) is 5.22. The molecule has 0 N–H and O–H groups in total. The molecule has 0 aromatic carbocycles. The molecule has 0 saturated heterocycles. The van der Waals surface area contributed by atoms with Crippen molar-refractivity contribution in [3.05, 3.63) is 77.3 Å². The zero-order valence-electron chi connectivity index (χ0n) is 14.9. The smallest absolute Gasteiger partial charge is 0.230 e. The first-order valence-electron chi connectivity index (χ1n) is 8.67. The number of amides is 1. The molecule has 0 radical (unpaired) electrons. The summed E-state index contributed by atoms with van der Waals surface area (Å²) in [5, 5.41) is 2.81. The molecule has 1 aliphatic heterocycles. The van der Waals surface area contributed by atoms with E-state index in [0.29, 0.717) is 11.6 Å². The van der Waals surface area contributed by atoms with E-state index in [4.69, 9.17) is 0 Å². The van der Waals surface area contributed by atoms with E-state index in [1.165, 1.54) is 16.7 Å². The van der Waals surface area contributed by atoms with E-state index < -0.39 is 15.9 Å². The molecule has 0 spiro atoms. The summed E-state index contributed by atoms with van der Waals surface area (Å²) in [5.74, 6) is -0.243. The Morgan fingerprint density at radius 3 is 2.68 bits per heavy atom. The van der Waals surface area contributed by atoms with Gasteiger partial charge >= 0.3 is 0 Å². The molecule has 1 unspecified atom stereocenters. The van der Waals surface area contributed by atoms with Gasteiger partial charge in [0.2, 0.25) is 5.91 Å². The van der Waals surface area contributed by atoms with E-state index in [1.54, 1.807) is 29.6 Å². The third kappa shape index (κ3) is 4.20. The first kappa shape index (κ1) is 18.6. The van der Waals surface area contributed by atoms with E-state index >= 15 is 0 Å². The highest BCUT2D eigenvalue weighted by Crippen LogP contribution is 2.22. The number of carbonyl (C=O) groups excluding carboxylic acids is 1. The molecule has 4 rings (SSSR count). The van der Waals surface area contributed by atoms with E-state index in [9.17, 15) is 13.2 Å². The average Bonchev–Trinajstić information content (AvgIpc) is 3.41. The minimum absolute atomic E-state index is 0.0870. The van der Waals surface area contributed by atoms with Crippen molar-refractivity contribution in [2.24, 2.45) is 0 Å². The summed E-state index contributed by atoms with van der Waals surface area (Å²) in [6, 6.07) is 7.01. The Bertz CT molecular complexity index is 1090. The molecule has 0 aliphatic carbocycles. The van der Waals surface area contributed by atoms with E-state index in [2.05, 4.69) is 9.97 Å². The second kappa shape index (κ2) is 7.69. The highest BCUT2D eigenvalue weighted by molar-refractivity contribution is 7.94. The zero-order chi connectivity index (χ0) is 19.6. The second-order valence-corrected chi connectivity index (χ2v) is 9.49. The Balaban J connectivity index is 1.54. The van der Waals surface area contributed by atoms with Crippen LogP contribution < -0.4 is 0 Å². The minimum atomic E-state index is -3.27. The van der Waals surface area contributed by atoms with Gasteiger partial charge in [-0.1, -0.05) is 0 Å². The molecular weight excluding hydrogens is 396 g/mol. The van der Waals surface area contributed by atoms with Crippen LogP contribution in [0.25, 0.3) is 5.00 Å². The van der Waals surface area contributed by atoms with E-state index in [1.807, 2.05) is 41.2 Å². The molecule has 4 heterocycles. The number of pyridine rings is 1. The summed E-state index contributed by atoms with van der Waals surface area (Å²) in [6.07, 6.45) is 10.6. The van der Waals surface area contributed by atoms with Crippen molar-refractivity contribution in [2.45, 2.75) is 19.0 Å². The average molecular weight is 415 g/mol. The fourth-order valence-electron chi connectivity index (χ4n) is 3.04. The third-order valence-corrected chi connectivity index (χ3v) is 6.83. The lowest BCUT2D eigenvalue weighted by molar-refractivity contribution is -0.132. The maximum Gasteiger partial charge on any atom is 0.230 e. The molecule has 0 bridgehead atoms. The van der Waals surface area contributed by atoms with Gasteiger partial charge in [-0.25, -0.2) is 13.4 Å². The monoisotopic (exact) mass is 414 g/mol. The number of aromatic nitrogens is 3. The van der Waals surface area contributed by atoms with Crippen LogP contribution in [0.15, 0.2) is 66.7 Å². The van der Waals surface area contributed by atoms with Crippen LogP contribution in [-0.2, 0) is 27.6 Å². The molecule has 1 atom stereocenters. The quantitative estimate of drug-likeness (QED) is 0.617. The molecule has 3 aromatic heterocycles. The van der Waals surface area contributed by atoms with Gasteiger partial charge in [-0.2, -0.15) is 0 Å². The van der Waals surface area contributed by atoms with Crippen LogP contribution in [0, 0.1) is 0 Å². The summed E-state index contributed by atoms with van der Waals surface area (Å²) < 4.78 is 25.7. The second-order valence-electron chi connectivity index (χ2n) is 6.46. The van der Waals surface area contributed by atoms with Crippen molar-refractivity contribution in [1.82, 2.24) is 19.4 Å². The zero-order valence-corrected chi connectivity index (χ0v) is 16.5. The van der Waals surface area contributed by atoms with Crippen molar-refractivity contribution in [1.29, 1.82) is 0 Å². The number of sulfone groups is 1. The highest BCUT2D eigenvalue weighted by atomic mass is 32.2. The maximum atomic E-state index is 13.1. The van der Waals surface area contributed by atoms with E-state index in [-0.39, 0.29) is 18.1 Å². The van der Waals surface area contributed by atoms with Gasteiger partial charge < -0.3 is 9.47 Å². The normalized spacial score (nSPS) is 17.6. The van der Waals surface area contributed by atoms with E-state index in [0.717, 1.165) is 10.6 Å². The predicted molar refractivity (Wildman–Crippen MR) is 107 cm³/mol. The van der Waals surface area contributed by atoms with Crippen LogP contribution in [0.5, 0.6) is 0 Å². The van der Waals surface area contributed by atoms with Crippen LogP contribution in [-0.4, -0.2) is 45.6 Å². The van der Waals surface area contributed by atoms with Gasteiger partial charge in [0, 0.05) is 36.7 Å². The molecule has 7 nitrogen and oxygen atoms in total. The molecule has 9 heteroatoms. The summed E-state index contributed by atoms with van der Waals surface area (Å²) in [4.78, 5) is 23.0. The third-order valence-electron chi connectivity index (χ3n) is 4.44.